The standard InChI is InChI=1S/C23H29FN2O4/c1-29-19-9-7-18(8-10-19)15-25-22(27)16-26-13-4-11-23(28,12-14-26)17-30-21-6-3-2-5-20(21)24/h2-3,5-10,28H,4,11-17H2,1H3,(H,25,27)/t23-/m1/s1. The molecule has 7 heteroatoms. The van der Waals surface area contributed by atoms with Gasteiger partial charge in [-0.1, -0.05) is 24.3 Å². The number of hydrogen-bond donors (Lipinski definition) is 2. The number of aliphatic hydroxyl groups is 1. The van der Waals surface area contributed by atoms with Crippen LogP contribution in [0.4, 0.5) is 4.39 Å². The summed E-state index contributed by atoms with van der Waals surface area (Å²) in [6.07, 6.45) is 1.75. The molecule has 6 nitrogen and oxygen atoms in total. The first-order chi connectivity index (χ1) is 14.5. The molecule has 1 heterocycles. The van der Waals surface area contributed by atoms with E-state index in [9.17, 15) is 14.3 Å². The van der Waals surface area contributed by atoms with Crippen LogP contribution in [0.2, 0.25) is 0 Å². The molecule has 1 fully saturated rings. The highest BCUT2D eigenvalue weighted by Crippen LogP contribution is 2.25. The van der Waals surface area contributed by atoms with E-state index in [0.29, 0.717) is 25.9 Å². The minimum Gasteiger partial charge on any atom is -0.497 e. The Labute approximate surface area is 176 Å². The second-order valence-corrected chi connectivity index (χ2v) is 7.70. The number of carbonyl (C=O) groups excluding carboxylic acids is 1. The zero-order chi connectivity index (χ0) is 21.4. The number of hydrogen-bond acceptors (Lipinski definition) is 5. The number of rotatable bonds is 8. The molecule has 1 saturated heterocycles. The normalized spacial score (nSPS) is 19.7. The third-order valence-electron chi connectivity index (χ3n) is 5.36. The average molecular weight is 416 g/mol. The Morgan fingerprint density at radius 1 is 1.17 bits per heavy atom. The lowest BCUT2D eigenvalue weighted by Gasteiger charge is -2.27. The molecule has 162 valence electrons. The van der Waals surface area contributed by atoms with Gasteiger partial charge in [0, 0.05) is 13.1 Å². The molecule has 0 bridgehead atoms. The molecule has 3 rings (SSSR count). The monoisotopic (exact) mass is 416 g/mol. The van der Waals surface area contributed by atoms with Gasteiger partial charge in [0.2, 0.25) is 5.91 Å². The SMILES string of the molecule is COc1ccc(CNC(=O)CN2CCC[C@](O)(COc3ccccc3F)CC2)cc1. The first-order valence-corrected chi connectivity index (χ1v) is 10.2. The number of ether oxygens (including phenoxy) is 2. The third-order valence-corrected chi connectivity index (χ3v) is 5.36. The summed E-state index contributed by atoms with van der Waals surface area (Å²) in [5.74, 6) is 0.426. The van der Waals surface area contributed by atoms with Gasteiger partial charge < -0.3 is 19.9 Å². The Kier molecular flexibility index (Phi) is 7.65. The smallest absolute Gasteiger partial charge is 0.234 e. The summed E-state index contributed by atoms with van der Waals surface area (Å²) in [5, 5.41) is 13.8. The van der Waals surface area contributed by atoms with Crippen molar-refractivity contribution in [2.75, 3.05) is 33.4 Å². The summed E-state index contributed by atoms with van der Waals surface area (Å²) >= 11 is 0. The van der Waals surface area contributed by atoms with Crippen LogP contribution in [0.3, 0.4) is 0 Å². The molecular weight excluding hydrogens is 387 g/mol. The number of nitrogens with zero attached hydrogens (tertiary/aromatic N) is 1. The van der Waals surface area contributed by atoms with Gasteiger partial charge in [-0.15, -0.1) is 0 Å². The maximum absolute atomic E-state index is 13.7. The fourth-order valence-electron chi connectivity index (χ4n) is 3.51. The predicted octanol–water partition coefficient (Wildman–Crippen LogP) is 2.75. The van der Waals surface area contributed by atoms with Crippen molar-refractivity contribution in [3.05, 3.63) is 59.9 Å². The minimum absolute atomic E-state index is 0.0332. The summed E-state index contributed by atoms with van der Waals surface area (Å²) in [6, 6.07) is 13.7. The predicted molar refractivity (Wildman–Crippen MR) is 112 cm³/mol. The van der Waals surface area contributed by atoms with Crippen molar-refractivity contribution in [1.29, 1.82) is 0 Å². The van der Waals surface area contributed by atoms with E-state index in [1.807, 2.05) is 29.2 Å². The number of methoxy groups -OCH3 is 1. The second kappa shape index (κ2) is 10.4. The van der Waals surface area contributed by atoms with Crippen molar-refractivity contribution in [3.8, 4) is 11.5 Å². The molecule has 0 aromatic heterocycles. The van der Waals surface area contributed by atoms with Gasteiger partial charge in [-0.25, -0.2) is 4.39 Å². The van der Waals surface area contributed by atoms with Gasteiger partial charge in [-0.2, -0.15) is 0 Å². The molecule has 1 aliphatic rings. The molecule has 2 N–H and O–H groups in total. The van der Waals surface area contributed by atoms with Crippen LogP contribution in [0, 0.1) is 5.82 Å². The number of para-hydroxylation sites is 1. The molecule has 2 aromatic carbocycles. The molecule has 2 aromatic rings. The van der Waals surface area contributed by atoms with Crippen LogP contribution in [-0.2, 0) is 11.3 Å². The first kappa shape index (κ1) is 22.1. The van der Waals surface area contributed by atoms with Crippen molar-refractivity contribution in [1.82, 2.24) is 10.2 Å². The van der Waals surface area contributed by atoms with Gasteiger partial charge in [0.05, 0.1) is 19.3 Å². The van der Waals surface area contributed by atoms with Gasteiger partial charge in [-0.3, -0.25) is 9.69 Å². The Balaban J connectivity index is 1.43. The Hall–Kier alpha value is -2.64. The number of nitrogens with one attached hydrogen (secondary N) is 1. The van der Waals surface area contributed by atoms with Crippen LogP contribution in [0.1, 0.15) is 24.8 Å². The summed E-state index contributed by atoms with van der Waals surface area (Å²) in [7, 11) is 1.62. The number of carbonyl (C=O) groups is 1. The zero-order valence-corrected chi connectivity index (χ0v) is 17.3. The molecule has 1 amide bonds. The van der Waals surface area contributed by atoms with Crippen molar-refractivity contribution in [2.24, 2.45) is 0 Å². The molecule has 1 aliphatic heterocycles. The number of likely N-dealkylation sites (tertiary alicyclic amines) is 1. The summed E-state index contributed by atoms with van der Waals surface area (Å²) in [6.45, 7) is 2.06. The molecule has 0 unspecified atom stereocenters. The molecule has 1 atom stereocenters. The van der Waals surface area contributed by atoms with Crippen molar-refractivity contribution < 1.29 is 23.8 Å². The van der Waals surface area contributed by atoms with E-state index in [2.05, 4.69) is 5.32 Å². The highest BCUT2D eigenvalue weighted by Gasteiger charge is 2.31. The zero-order valence-electron chi connectivity index (χ0n) is 17.3. The van der Waals surface area contributed by atoms with E-state index in [1.165, 1.54) is 6.07 Å². The summed E-state index contributed by atoms with van der Waals surface area (Å²) in [4.78, 5) is 14.4. The topological polar surface area (TPSA) is 71.0 Å². The largest absolute Gasteiger partial charge is 0.497 e. The van der Waals surface area contributed by atoms with E-state index >= 15 is 0 Å². The van der Waals surface area contributed by atoms with Crippen molar-refractivity contribution in [3.63, 3.8) is 0 Å². The van der Waals surface area contributed by atoms with Gasteiger partial charge in [-0.05, 0) is 55.6 Å². The van der Waals surface area contributed by atoms with E-state index in [-0.39, 0.29) is 24.8 Å². The number of benzene rings is 2. The van der Waals surface area contributed by atoms with Gasteiger partial charge in [0.15, 0.2) is 11.6 Å². The molecule has 0 radical (unpaired) electrons. The minimum atomic E-state index is -1.03. The highest BCUT2D eigenvalue weighted by atomic mass is 19.1. The van der Waals surface area contributed by atoms with Gasteiger partial charge in [0.25, 0.3) is 0 Å². The Morgan fingerprint density at radius 2 is 1.93 bits per heavy atom. The molecule has 0 saturated carbocycles. The molecule has 0 aliphatic carbocycles. The van der Waals surface area contributed by atoms with Gasteiger partial charge in [0.1, 0.15) is 12.4 Å². The average Bonchev–Trinajstić information content (AvgIpc) is 2.94. The highest BCUT2D eigenvalue weighted by molar-refractivity contribution is 5.78. The lowest BCUT2D eigenvalue weighted by atomic mass is 9.96. The number of halogens is 1. The van der Waals surface area contributed by atoms with Crippen LogP contribution < -0.4 is 14.8 Å². The quantitative estimate of drug-likeness (QED) is 0.693. The molecule has 30 heavy (non-hydrogen) atoms. The maximum Gasteiger partial charge on any atom is 0.234 e. The van der Waals surface area contributed by atoms with Crippen molar-refractivity contribution >= 4 is 5.91 Å². The first-order valence-electron chi connectivity index (χ1n) is 10.2. The maximum atomic E-state index is 13.7. The summed E-state index contributed by atoms with van der Waals surface area (Å²) < 4.78 is 24.4. The van der Waals surface area contributed by atoms with Crippen LogP contribution in [0.15, 0.2) is 48.5 Å². The van der Waals surface area contributed by atoms with E-state index in [4.69, 9.17) is 9.47 Å². The second-order valence-electron chi connectivity index (χ2n) is 7.70. The van der Waals surface area contributed by atoms with E-state index in [1.54, 1.807) is 25.3 Å². The fourth-order valence-corrected chi connectivity index (χ4v) is 3.51. The van der Waals surface area contributed by atoms with E-state index in [0.717, 1.165) is 24.3 Å². The van der Waals surface area contributed by atoms with Crippen LogP contribution in [0.5, 0.6) is 11.5 Å². The Morgan fingerprint density at radius 3 is 2.67 bits per heavy atom. The van der Waals surface area contributed by atoms with Crippen LogP contribution in [0.25, 0.3) is 0 Å². The number of amides is 1. The molecular formula is C23H29FN2O4. The molecule has 0 spiro atoms. The fraction of sp³-hybridized carbons (Fsp3) is 0.435. The van der Waals surface area contributed by atoms with Crippen LogP contribution >= 0.6 is 0 Å². The lowest BCUT2D eigenvalue weighted by Crippen LogP contribution is -2.40. The summed E-state index contributed by atoms with van der Waals surface area (Å²) in [5.41, 5.74) is -0.0314. The van der Waals surface area contributed by atoms with E-state index < -0.39 is 11.4 Å². The van der Waals surface area contributed by atoms with Crippen molar-refractivity contribution in [2.45, 2.75) is 31.4 Å². The Bertz CT molecular complexity index is 830. The van der Waals surface area contributed by atoms with Gasteiger partial charge >= 0.3 is 0 Å². The lowest BCUT2D eigenvalue weighted by molar-refractivity contribution is -0.122. The third kappa shape index (κ3) is 6.43. The van der Waals surface area contributed by atoms with Crippen LogP contribution in [-0.4, -0.2) is 54.9 Å².